The number of rotatable bonds is 7. The van der Waals surface area contributed by atoms with E-state index in [-0.39, 0.29) is 12.2 Å². The predicted molar refractivity (Wildman–Crippen MR) is 76.0 cm³/mol. The lowest BCUT2D eigenvalue weighted by atomic mass is 10.1. The van der Waals surface area contributed by atoms with Gasteiger partial charge in [0.1, 0.15) is 12.4 Å². The fraction of sp³-hybridized carbons (Fsp3) is 0.308. The van der Waals surface area contributed by atoms with E-state index in [1.165, 1.54) is 12.1 Å². The van der Waals surface area contributed by atoms with E-state index < -0.39 is 22.4 Å². The van der Waals surface area contributed by atoms with Crippen LogP contribution in [0.25, 0.3) is 6.08 Å². The number of esters is 1. The highest BCUT2D eigenvalue weighted by Crippen LogP contribution is 2.21. The van der Waals surface area contributed by atoms with E-state index in [9.17, 15) is 19.3 Å². The van der Waals surface area contributed by atoms with Crippen LogP contribution in [-0.4, -0.2) is 29.0 Å². The van der Waals surface area contributed by atoms with E-state index >= 15 is 0 Å². The molecule has 108 valence electrons. The first-order chi connectivity index (χ1) is 9.54. The maximum atomic E-state index is 12.9. The summed E-state index contributed by atoms with van der Waals surface area (Å²) in [5.74, 6) is 0.357. The number of ether oxygens (including phenoxy) is 1. The van der Waals surface area contributed by atoms with E-state index in [1.54, 1.807) is 11.8 Å². The van der Waals surface area contributed by atoms with Gasteiger partial charge in [0.05, 0.1) is 16.6 Å². The highest BCUT2D eigenvalue weighted by Gasteiger charge is 2.12. The van der Waals surface area contributed by atoms with Crippen molar-refractivity contribution in [2.45, 2.75) is 6.92 Å². The largest absolute Gasteiger partial charge is 0.462 e. The van der Waals surface area contributed by atoms with Crippen molar-refractivity contribution in [2.24, 2.45) is 0 Å². The highest BCUT2D eigenvalue weighted by molar-refractivity contribution is 7.99. The summed E-state index contributed by atoms with van der Waals surface area (Å²) in [5, 5.41) is 10.7. The van der Waals surface area contributed by atoms with Crippen LogP contribution in [0, 0.1) is 15.9 Å². The SMILES string of the molecule is CCSCCOC(=O)C=Cc1ccc(F)cc1[N+](=O)[O-]. The molecule has 1 aromatic rings. The lowest BCUT2D eigenvalue weighted by Crippen LogP contribution is -2.04. The van der Waals surface area contributed by atoms with Gasteiger partial charge in [0, 0.05) is 11.8 Å². The van der Waals surface area contributed by atoms with Gasteiger partial charge in [-0.2, -0.15) is 11.8 Å². The van der Waals surface area contributed by atoms with Gasteiger partial charge < -0.3 is 4.74 Å². The van der Waals surface area contributed by atoms with Crippen LogP contribution >= 0.6 is 11.8 Å². The zero-order chi connectivity index (χ0) is 15.0. The van der Waals surface area contributed by atoms with Crippen LogP contribution in [0.4, 0.5) is 10.1 Å². The average Bonchev–Trinajstić information content (AvgIpc) is 2.42. The molecule has 1 aromatic carbocycles. The number of hydrogen-bond acceptors (Lipinski definition) is 5. The fourth-order valence-corrected chi connectivity index (χ4v) is 1.86. The van der Waals surface area contributed by atoms with Crippen molar-refractivity contribution in [2.75, 3.05) is 18.1 Å². The number of hydrogen-bond donors (Lipinski definition) is 0. The summed E-state index contributed by atoms with van der Waals surface area (Å²) in [4.78, 5) is 21.4. The van der Waals surface area contributed by atoms with Gasteiger partial charge in [-0.25, -0.2) is 9.18 Å². The lowest BCUT2D eigenvalue weighted by molar-refractivity contribution is -0.385. The summed E-state index contributed by atoms with van der Waals surface area (Å²) >= 11 is 1.64. The number of nitrogens with zero attached hydrogens (tertiary/aromatic N) is 1. The molecule has 0 N–H and O–H groups in total. The molecule has 0 aliphatic heterocycles. The first kappa shape index (κ1) is 16.2. The second-order valence-corrected chi connectivity index (χ2v) is 5.05. The van der Waals surface area contributed by atoms with E-state index in [0.717, 1.165) is 24.0 Å². The molecule has 0 spiro atoms. The molecular formula is C13H14FNO4S. The maximum absolute atomic E-state index is 12.9. The Morgan fingerprint density at radius 2 is 2.30 bits per heavy atom. The van der Waals surface area contributed by atoms with Crippen molar-refractivity contribution < 1.29 is 18.8 Å². The summed E-state index contributed by atoms with van der Waals surface area (Å²) in [5.41, 5.74) is -0.244. The predicted octanol–water partition coefficient (Wildman–Crippen LogP) is 3.04. The summed E-state index contributed by atoms with van der Waals surface area (Å²) in [6, 6.07) is 3.14. The van der Waals surface area contributed by atoms with Crippen LogP contribution in [0.1, 0.15) is 12.5 Å². The van der Waals surface area contributed by atoms with E-state index in [4.69, 9.17) is 4.74 Å². The standard InChI is InChI=1S/C13H14FNO4S/c1-2-20-8-7-19-13(16)6-4-10-3-5-11(14)9-12(10)15(17)18/h3-6,9H,2,7-8H2,1H3. The molecule has 0 saturated heterocycles. The second-order valence-electron chi connectivity index (χ2n) is 3.66. The zero-order valence-corrected chi connectivity index (χ0v) is 11.7. The van der Waals surface area contributed by atoms with Crippen molar-refractivity contribution in [3.63, 3.8) is 0 Å². The number of carbonyl (C=O) groups is 1. The Kier molecular flexibility index (Phi) is 6.72. The minimum absolute atomic E-state index is 0.149. The third-order valence-electron chi connectivity index (χ3n) is 2.26. The summed E-state index contributed by atoms with van der Waals surface area (Å²) in [6.07, 6.45) is 2.34. The van der Waals surface area contributed by atoms with Crippen LogP contribution < -0.4 is 0 Å². The van der Waals surface area contributed by atoms with Crippen LogP contribution in [0.5, 0.6) is 0 Å². The maximum Gasteiger partial charge on any atom is 0.330 e. The Bertz CT molecular complexity index is 519. The molecule has 0 radical (unpaired) electrons. The van der Waals surface area contributed by atoms with Gasteiger partial charge in [0.2, 0.25) is 0 Å². The molecule has 0 bridgehead atoms. The third kappa shape index (κ3) is 5.40. The Labute approximate surface area is 120 Å². The minimum Gasteiger partial charge on any atom is -0.462 e. The molecule has 0 aromatic heterocycles. The lowest BCUT2D eigenvalue weighted by Gasteiger charge is -2.00. The normalized spacial score (nSPS) is 10.7. The molecule has 0 aliphatic rings. The van der Waals surface area contributed by atoms with Crippen molar-refractivity contribution in [3.05, 3.63) is 45.8 Å². The second kappa shape index (κ2) is 8.31. The van der Waals surface area contributed by atoms with Crippen LogP contribution in [0.15, 0.2) is 24.3 Å². The van der Waals surface area contributed by atoms with Crippen molar-refractivity contribution >= 4 is 29.5 Å². The summed E-state index contributed by atoms with van der Waals surface area (Å²) in [6.45, 7) is 2.28. The fourth-order valence-electron chi connectivity index (χ4n) is 1.37. The Balaban J connectivity index is 2.65. The van der Waals surface area contributed by atoms with Gasteiger partial charge >= 0.3 is 5.97 Å². The molecule has 7 heteroatoms. The molecule has 0 aliphatic carbocycles. The van der Waals surface area contributed by atoms with Crippen LogP contribution in [0.2, 0.25) is 0 Å². The molecule has 0 saturated carbocycles. The Morgan fingerprint density at radius 1 is 1.55 bits per heavy atom. The molecule has 0 heterocycles. The Morgan fingerprint density at radius 3 is 2.95 bits per heavy atom. The van der Waals surface area contributed by atoms with Crippen molar-refractivity contribution in [1.82, 2.24) is 0 Å². The Hall–Kier alpha value is -1.89. The summed E-state index contributed by atoms with van der Waals surface area (Å²) in [7, 11) is 0. The van der Waals surface area contributed by atoms with Crippen LogP contribution in [-0.2, 0) is 9.53 Å². The molecular weight excluding hydrogens is 285 g/mol. The number of carbonyl (C=O) groups excluding carboxylic acids is 1. The summed E-state index contributed by atoms with van der Waals surface area (Å²) < 4.78 is 17.8. The van der Waals surface area contributed by atoms with E-state index in [2.05, 4.69) is 0 Å². The monoisotopic (exact) mass is 299 g/mol. The van der Waals surface area contributed by atoms with Gasteiger partial charge in [0.25, 0.3) is 5.69 Å². The molecule has 0 fully saturated rings. The zero-order valence-electron chi connectivity index (χ0n) is 10.9. The quantitative estimate of drug-likeness (QED) is 0.254. The van der Waals surface area contributed by atoms with Crippen LogP contribution in [0.3, 0.4) is 0 Å². The minimum atomic E-state index is -0.702. The molecule has 1 rings (SSSR count). The molecule has 0 amide bonds. The smallest absolute Gasteiger partial charge is 0.330 e. The number of nitro groups is 1. The van der Waals surface area contributed by atoms with Gasteiger partial charge in [-0.1, -0.05) is 6.92 Å². The number of nitro benzene ring substituents is 1. The van der Waals surface area contributed by atoms with Crippen molar-refractivity contribution in [3.8, 4) is 0 Å². The number of halogens is 1. The average molecular weight is 299 g/mol. The molecule has 0 atom stereocenters. The van der Waals surface area contributed by atoms with Gasteiger partial charge in [-0.3, -0.25) is 10.1 Å². The first-order valence-electron chi connectivity index (χ1n) is 5.91. The number of benzene rings is 1. The highest BCUT2D eigenvalue weighted by atomic mass is 32.2. The van der Waals surface area contributed by atoms with Gasteiger partial charge in [0.15, 0.2) is 0 Å². The third-order valence-corrected chi connectivity index (χ3v) is 3.13. The molecule has 5 nitrogen and oxygen atoms in total. The van der Waals surface area contributed by atoms with E-state index in [1.807, 2.05) is 6.92 Å². The van der Waals surface area contributed by atoms with E-state index in [0.29, 0.717) is 5.75 Å². The van der Waals surface area contributed by atoms with Gasteiger partial charge in [-0.15, -0.1) is 0 Å². The molecule has 0 unspecified atom stereocenters. The van der Waals surface area contributed by atoms with Crippen molar-refractivity contribution in [1.29, 1.82) is 0 Å². The number of thioether (sulfide) groups is 1. The topological polar surface area (TPSA) is 69.4 Å². The molecule has 20 heavy (non-hydrogen) atoms. The van der Waals surface area contributed by atoms with Gasteiger partial charge in [-0.05, 0) is 24.0 Å². The first-order valence-corrected chi connectivity index (χ1v) is 7.06.